The number of aromatic nitrogens is 2. The summed E-state index contributed by atoms with van der Waals surface area (Å²) in [4.78, 5) is 13.1. The Morgan fingerprint density at radius 3 is 2.45 bits per heavy atom. The second-order valence-electron chi connectivity index (χ2n) is 9.00. The molecule has 1 N–H and O–H groups in total. The molecule has 0 fully saturated rings. The van der Waals surface area contributed by atoms with E-state index in [1.165, 1.54) is 28.6 Å². The van der Waals surface area contributed by atoms with Crippen molar-refractivity contribution in [1.29, 1.82) is 0 Å². The number of carbonyl (C=O) groups is 1. The minimum absolute atomic E-state index is 0.0254. The first-order valence-electron chi connectivity index (χ1n) is 10.6. The van der Waals surface area contributed by atoms with Crippen LogP contribution in [0.3, 0.4) is 0 Å². The normalized spacial score (nSPS) is 12.0. The van der Waals surface area contributed by atoms with Crippen molar-refractivity contribution in [2.75, 3.05) is 6.54 Å². The maximum Gasteiger partial charge on any atom is 0.416 e. The summed E-state index contributed by atoms with van der Waals surface area (Å²) in [5.41, 5.74) is 2.23. The summed E-state index contributed by atoms with van der Waals surface area (Å²) in [6, 6.07) is 10.7. The van der Waals surface area contributed by atoms with Gasteiger partial charge in [0.25, 0.3) is 5.91 Å². The average molecular weight is 460 g/mol. The fraction of sp³-hybridized carbons (Fsp3) is 0.360. The summed E-state index contributed by atoms with van der Waals surface area (Å²) in [6.07, 6.45) is -2.50. The number of nitrogens with zero attached hydrogens (tertiary/aromatic N) is 2. The molecule has 0 aliphatic carbocycles. The van der Waals surface area contributed by atoms with Crippen LogP contribution in [0.5, 0.6) is 11.5 Å². The summed E-state index contributed by atoms with van der Waals surface area (Å²) in [6.45, 7) is 10.1. The molecule has 0 spiro atoms. The third-order valence-electron chi connectivity index (χ3n) is 5.15. The highest BCUT2D eigenvalue weighted by Crippen LogP contribution is 2.34. The Hall–Kier alpha value is -3.29. The highest BCUT2D eigenvalue weighted by Gasteiger charge is 2.31. The van der Waals surface area contributed by atoms with Crippen LogP contribution < -0.4 is 10.1 Å². The second-order valence-corrected chi connectivity index (χ2v) is 9.00. The minimum atomic E-state index is -4.50. The maximum absolute atomic E-state index is 13.1. The van der Waals surface area contributed by atoms with E-state index in [4.69, 9.17) is 4.74 Å². The fourth-order valence-corrected chi connectivity index (χ4v) is 3.51. The summed E-state index contributed by atoms with van der Waals surface area (Å²) in [7, 11) is 0. The first-order chi connectivity index (χ1) is 15.4. The van der Waals surface area contributed by atoms with Gasteiger partial charge in [0.1, 0.15) is 5.75 Å². The zero-order chi connectivity index (χ0) is 24.4. The number of aryl methyl sites for hydroxylation is 2. The molecule has 0 radical (unpaired) electrons. The van der Waals surface area contributed by atoms with E-state index >= 15 is 0 Å². The Morgan fingerprint density at radius 1 is 1.09 bits per heavy atom. The van der Waals surface area contributed by atoms with Gasteiger partial charge >= 0.3 is 6.18 Å². The number of hydrogen-bond acceptors (Lipinski definition) is 3. The van der Waals surface area contributed by atoms with Crippen molar-refractivity contribution in [2.24, 2.45) is 0 Å². The lowest BCUT2D eigenvalue weighted by Crippen LogP contribution is -2.33. The molecule has 0 unspecified atom stereocenters. The molecule has 0 atom stereocenters. The number of benzene rings is 2. The zero-order valence-corrected chi connectivity index (χ0v) is 19.4. The molecule has 8 heteroatoms. The van der Waals surface area contributed by atoms with Crippen LogP contribution in [0.2, 0.25) is 0 Å². The van der Waals surface area contributed by atoms with Crippen molar-refractivity contribution in [1.82, 2.24) is 15.1 Å². The van der Waals surface area contributed by atoms with Gasteiger partial charge in [-0.25, -0.2) is 0 Å². The quantitative estimate of drug-likeness (QED) is 0.489. The van der Waals surface area contributed by atoms with Gasteiger partial charge in [0.05, 0.1) is 17.3 Å². The van der Waals surface area contributed by atoms with Gasteiger partial charge in [0.2, 0.25) is 0 Å². The first kappa shape index (κ1) is 24.4. The SMILES string of the molecule is Cc1ccc(CCNC(=O)c2c(Oc3cccc(C(F)(F)F)c3)cnn2C(C)(C)C)c(C)c1. The molecular weight excluding hydrogens is 431 g/mol. The molecule has 1 amide bonds. The smallest absolute Gasteiger partial charge is 0.416 e. The number of rotatable bonds is 6. The Labute approximate surface area is 191 Å². The molecule has 176 valence electrons. The van der Waals surface area contributed by atoms with Crippen molar-refractivity contribution in [3.8, 4) is 11.5 Å². The Morgan fingerprint density at radius 2 is 1.82 bits per heavy atom. The lowest BCUT2D eigenvalue weighted by Gasteiger charge is -2.22. The van der Waals surface area contributed by atoms with Gasteiger partial charge in [-0.1, -0.05) is 29.8 Å². The topological polar surface area (TPSA) is 56.1 Å². The number of hydrogen-bond donors (Lipinski definition) is 1. The van der Waals surface area contributed by atoms with Crippen LogP contribution in [0.25, 0.3) is 0 Å². The molecule has 3 aromatic rings. The van der Waals surface area contributed by atoms with E-state index in [1.54, 1.807) is 0 Å². The first-order valence-corrected chi connectivity index (χ1v) is 10.6. The van der Waals surface area contributed by atoms with Crippen LogP contribution in [-0.4, -0.2) is 22.2 Å². The van der Waals surface area contributed by atoms with Crippen LogP contribution in [-0.2, 0) is 18.1 Å². The summed E-state index contributed by atoms with van der Waals surface area (Å²) >= 11 is 0. The fourth-order valence-electron chi connectivity index (χ4n) is 3.51. The number of carbonyl (C=O) groups excluding carboxylic acids is 1. The van der Waals surface area contributed by atoms with Crippen LogP contribution in [0, 0.1) is 13.8 Å². The van der Waals surface area contributed by atoms with Gasteiger partial charge in [-0.15, -0.1) is 0 Å². The predicted molar refractivity (Wildman–Crippen MR) is 121 cm³/mol. The number of nitrogens with one attached hydrogen (secondary N) is 1. The van der Waals surface area contributed by atoms with Gasteiger partial charge in [-0.2, -0.15) is 18.3 Å². The molecule has 1 heterocycles. The number of halogens is 3. The van der Waals surface area contributed by atoms with E-state index in [1.807, 2.05) is 46.8 Å². The monoisotopic (exact) mass is 459 g/mol. The van der Waals surface area contributed by atoms with Gasteiger partial charge < -0.3 is 10.1 Å². The van der Waals surface area contributed by atoms with Crippen LogP contribution >= 0.6 is 0 Å². The van der Waals surface area contributed by atoms with Gasteiger partial charge in [-0.3, -0.25) is 9.48 Å². The van der Waals surface area contributed by atoms with E-state index in [0.717, 1.165) is 23.3 Å². The van der Waals surface area contributed by atoms with Gasteiger partial charge in [0.15, 0.2) is 11.4 Å². The van der Waals surface area contributed by atoms with E-state index in [-0.39, 0.29) is 17.2 Å². The third kappa shape index (κ3) is 5.94. The average Bonchev–Trinajstić information content (AvgIpc) is 3.13. The zero-order valence-electron chi connectivity index (χ0n) is 19.4. The van der Waals surface area contributed by atoms with E-state index in [2.05, 4.69) is 16.5 Å². The van der Waals surface area contributed by atoms with Crippen molar-refractivity contribution in [3.63, 3.8) is 0 Å². The molecule has 3 rings (SSSR count). The largest absolute Gasteiger partial charge is 0.453 e. The lowest BCUT2D eigenvalue weighted by atomic mass is 10.0. The molecule has 0 saturated carbocycles. The molecular formula is C25H28F3N3O2. The molecule has 0 aliphatic rings. The minimum Gasteiger partial charge on any atom is -0.453 e. The highest BCUT2D eigenvalue weighted by molar-refractivity contribution is 5.95. The van der Waals surface area contributed by atoms with Crippen LogP contribution in [0.15, 0.2) is 48.7 Å². The summed E-state index contributed by atoms with van der Waals surface area (Å²) in [5.74, 6) is -0.343. The van der Waals surface area contributed by atoms with Crippen LogP contribution in [0.4, 0.5) is 13.2 Å². The summed E-state index contributed by atoms with van der Waals surface area (Å²) in [5, 5.41) is 7.16. The molecule has 0 bridgehead atoms. The molecule has 2 aromatic carbocycles. The van der Waals surface area contributed by atoms with Gasteiger partial charge in [-0.05, 0) is 70.4 Å². The maximum atomic E-state index is 13.1. The molecule has 1 aromatic heterocycles. The standard InChI is InChI=1S/C25H28F3N3O2/c1-16-9-10-18(17(2)13-16)11-12-29-23(32)22-21(15-30-31(22)24(3,4)5)33-20-8-6-7-19(14-20)25(26,27)28/h6-10,13-15H,11-12H2,1-5H3,(H,29,32). The second kappa shape index (κ2) is 9.29. The Bertz CT molecular complexity index is 1140. The lowest BCUT2D eigenvalue weighted by molar-refractivity contribution is -0.137. The van der Waals surface area contributed by atoms with Crippen molar-refractivity contribution in [2.45, 2.75) is 52.8 Å². The molecule has 5 nitrogen and oxygen atoms in total. The predicted octanol–water partition coefficient (Wildman–Crippen LogP) is 6.04. The summed E-state index contributed by atoms with van der Waals surface area (Å²) < 4.78 is 46.4. The highest BCUT2D eigenvalue weighted by atomic mass is 19.4. The van der Waals surface area contributed by atoms with Gasteiger partial charge in [0, 0.05) is 6.54 Å². The molecule has 33 heavy (non-hydrogen) atoms. The van der Waals surface area contributed by atoms with Crippen molar-refractivity contribution < 1.29 is 22.7 Å². The molecule has 0 saturated heterocycles. The van der Waals surface area contributed by atoms with E-state index in [0.29, 0.717) is 13.0 Å². The molecule has 0 aliphatic heterocycles. The van der Waals surface area contributed by atoms with E-state index in [9.17, 15) is 18.0 Å². The number of ether oxygens (including phenoxy) is 1. The third-order valence-corrected chi connectivity index (χ3v) is 5.15. The van der Waals surface area contributed by atoms with E-state index < -0.39 is 23.2 Å². The van der Waals surface area contributed by atoms with Crippen molar-refractivity contribution >= 4 is 5.91 Å². The van der Waals surface area contributed by atoms with Crippen molar-refractivity contribution in [3.05, 3.63) is 76.6 Å². The Kier molecular flexibility index (Phi) is 6.86. The Balaban J connectivity index is 1.82. The number of amides is 1. The van der Waals surface area contributed by atoms with Crippen LogP contribution in [0.1, 0.15) is 53.5 Å². The number of alkyl halides is 3.